The Balaban J connectivity index is 1.93. The van der Waals surface area contributed by atoms with Gasteiger partial charge in [-0.3, -0.25) is 4.98 Å². The highest BCUT2D eigenvalue weighted by atomic mass is 79.9. The fraction of sp³-hybridized carbons (Fsp3) is 0.154. The first-order valence-corrected chi connectivity index (χ1v) is 7.21. The lowest BCUT2D eigenvalue weighted by Crippen LogP contribution is -2.17. The summed E-state index contributed by atoms with van der Waals surface area (Å²) < 4.78 is 3.13. The second-order valence-electron chi connectivity index (χ2n) is 4.54. The molecule has 1 N–H and O–H groups in total. The smallest absolute Gasteiger partial charge is 0.253 e. The van der Waals surface area contributed by atoms with Crippen molar-refractivity contribution in [1.29, 1.82) is 0 Å². The van der Waals surface area contributed by atoms with Gasteiger partial charge in [0.15, 0.2) is 5.82 Å². The molecule has 0 spiro atoms. The topological polar surface area (TPSA) is 80.9 Å². The molecule has 3 aliphatic heterocycles. The lowest BCUT2D eigenvalue weighted by molar-refractivity contribution is 0.777. The van der Waals surface area contributed by atoms with Crippen LogP contribution < -0.4 is 10.9 Å². The highest BCUT2D eigenvalue weighted by Gasteiger charge is 2.19. The predicted molar refractivity (Wildman–Crippen MR) is 80.1 cm³/mol. The Morgan fingerprint density at radius 1 is 1.24 bits per heavy atom. The summed E-state index contributed by atoms with van der Waals surface area (Å²) in [6.07, 6.45) is 6.54. The van der Waals surface area contributed by atoms with Gasteiger partial charge in [-0.15, -0.1) is 0 Å². The van der Waals surface area contributed by atoms with E-state index in [9.17, 15) is 0 Å². The Morgan fingerprint density at radius 3 is 3.05 bits per heavy atom. The molecule has 7 nitrogen and oxygen atoms in total. The Bertz CT molecular complexity index is 843. The van der Waals surface area contributed by atoms with Gasteiger partial charge in [-0.2, -0.15) is 9.98 Å². The van der Waals surface area contributed by atoms with Gasteiger partial charge >= 0.3 is 0 Å². The molecule has 0 amide bonds. The molecule has 0 bridgehead atoms. The SMILES string of the molecule is Brc1cc2cnc(=Nc3cnccn3)nc-2n2c1NCC2. The monoisotopic (exact) mass is 343 g/mol. The molecule has 0 saturated heterocycles. The summed E-state index contributed by atoms with van der Waals surface area (Å²) in [6.45, 7) is 1.76. The molecule has 21 heavy (non-hydrogen) atoms. The average molecular weight is 344 g/mol. The van der Waals surface area contributed by atoms with Crippen LogP contribution in [0.5, 0.6) is 0 Å². The summed E-state index contributed by atoms with van der Waals surface area (Å²) in [6, 6.07) is 2.01. The third kappa shape index (κ3) is 2.17. The van der Waals surface area contributed by atoms with Gasteiger partial charge in [-0.25, -0.2) is 9.97 Å². The first-order chi connectivity index (χ1) is 10.3. The molecule has 4 heterocycles. The number of rotatable bonds is 1. The second-order valence-corrected chi connectivity index (χ2v) is 5.40. The molecule has 0 aliphatic carbocycles. The summed E-state index contributed by atoms with van der Waals surface area (Å²) in [5.41, 5.74) is 1.35. The van der Waals surface area contributed by atoms with Gasteiger partial charge in [-0.05, 0) is 22.0 Å². The summed E-state index contributed by atoms with van der Waals surface area (Å²) >= 11 is 3.56. The molecule has 0 aromatic carbocycles. The van der Waals surface area contributed by atoms with Crippen LogP contribution in [0.2, 0.25) is 0 Å². The summed E-state index contributed by atoms with van der Waals surface area (Å²) in [5, 5.41) is 3.33. The zero-order valence-electron chi connectivity index (χ0n) is 10.9. The molecule has 1 aromatic heterocycles. The van der Waals surface area contributed by atoms with Crippen molar-refractivity contribution in [2.45, 2.75) is 6.54 Å². The number of anilines is 1. The van der Waals surface area contributed by atoms with Gasteiger partial charge in [-0.1, -0.05) is 0 Å². The summed E-state index contributed by atoms with van der Waals surface area (Å²) in [4.78, 5) is 21.2. The molecule has 0 atom stereocenters. The minimum absolute atomic E-state index is 0.381. The molecule has 104 valence electrons. The fourth-order valence-corrected chi connectivity index (χ4v) is 2.92. The minimum Gasteiger partial charge on any atom is -0.369 e. The van der Waals surface area contributed by atoms with E-state index in [1.54, 1.807) is 24.8 Å². The molecule has 8 heteroatoms. The maximum absolute atomic E-state index is 4.54. The van der Waals surface area contributed by atoms with E-state index in [1.807, 2.05) is 6.07 Å². The van der Waals surface area contributed by atoms with Crippen molar-refractivity contribution in [3.63, 3.8) is 0 Å². The molecular weight excluding hydrogens is 334 g/mol. The third-order valence-corrected chi connectivity index (χ3v) is 3.81. The molecule has 4 rings (SSSR count). The van der Waals surface area contributed by atoms with Gasteiger partial charge in [0.25, 0.3) is 5.62 Å². The molecule has 0 radical (unpaired) electrons. The van der Waals surface area contributed by atoms with Gasteiger partial charge in [0, 0.05) is 37.2 Å². The number of aromatic nitrogens is 5. The molecular formula is C13H10BrN7. The van der Waals surface area contributed by atoms with Gasteiger partial charge in [0.2, 0.25) is 0 Å². The van der Waals surface area contributed by atoms with E-state index in [-0.39, 0.29) is 0 Å². The Kier molecular flexibility index (Phi) is 2.88. The maximum Gasteiger partial charge on any atom is 0.253 e. The van der Waals surface area contributed by atoms with E-state index in [1.165, 1.54) is 0 Å². The van der Waals surface area contributed by atoms with Crippen LogP contribution >= 0.6 is 15.9 Å². The zero-order valence-corrected chi connectivity index (χ0v) is 12.4. The Morgan fingerprint density at radius 2 is 2.19 bits per heavy atom. The van der Waals surface area contributed by atoms with Gasteiger partial charge in [0.1, 0.15) is 11.6 Å². The molecule has 1 aromatic rings. The van der Waals surface area contributed by atoms with Crippen LogP contribution in [0.25, 0.3) is 11.4 Å². The van der Waals surface area contributed by atoms with Crippen LogP contribution in [0.3, 0.4) is 0 Å². The van der Waals surface area contributed by atoms with E-state index < -0.39 is 0 Å². The van der Waals surface area contributed by atoms with E-state index in [2.05, 4.69) is 50.7 Å². The lowest BCUT2D eigenvalue weighted by Gasteiger charge is -2.13. The summed E-state index contributed by atoms with van der Waals surface area (Å²) in [5.74, 6) is 2.39. The number of fused-ring (bicyclic) bond motifs is 3. The number of nitrogens with one attached hydrogen (secondary N) is 1. The lowest BCUT2D eigenvalue weighted by atomic mass is 10.2. The minimum atomic E-state index is 0.381. The van der Waals surface area contributed by atoms with Crippen molar-refractivity contribution in [2.24, 2.45) is 4.99 Å². The zero-order chi connectivity index (χ0) is 14.2. The first kappa shape index (κ1) is 12.4. The van der Waals surface area contributed by atoms with Crippen LogP contribution in [-0.2, 0) is 6.54 Å². The number of nitrogens with zero attached hydrogens (tertiary/aromatic N) is 6. The van der Waals surface area contributed by atoms with Crippen LogP contribution in [0, 0.1) is 0 Å². The van der Waals surface area contributed by atoms with E-state index in [4.69, 9.17) is 0 Å². The largest absolute Gasteiger partial charge is 0.369 e. The number of hydrogen-bond donors (Lipinski definition) is 1. The molecule has 0 fully saturated rings. The molecule has 0 saturated carbocycles. The van der Waals surface area contributed by atoms with Crippen molar-refractivity contribution in [3.05, 3.63) is 40.9 Å². The van der Waals surface area contributed by atoms with E-state index >= 15 is 0 Å². The summed E-state index contributed by atoms with van der Waals surface area (Å²) in [7, 11) is 0. The Labute approximate surface area is 128 Å². The van der Waals surface area contributed by atoms with Gasteiger partial charge < -0.3 is 9.88 Å². The predicted octanol–water partition coefficient (Wildman–Crippen LogP) is 1.59. The normalized spacial score (nSPS) is 14.2. The van der Waals surface area contributed by atoms with Crippen LogP contribution in [0.4, 0.5) is 11.6 Å². The highest BCUT2D eigenvalue weighted by Crippen LogP contribution is 2.32. The quantitative estimate of drug-likeness (QED) is 0.725. The van der Waals surface area contributed by atoms with E-state index in [0.717, 1.165) is 34.8 Å². The number of hydrogen-bond acceptors (Lipinski definition) is 6. The Hall–Kier alpha value is -2.35. The van der Waals surface area contributed by atoms with Crippen LogP contribution in [-0.4, -0.2) is 31.0 Å². The molecule has 3 aliphatic rings. The average Bonchev–Trinajstić information content (AvgIpc) is 3.00. The standard InChI is InChI=1S/C13H10BrN7/c14-9-5-8-6-18-13(19-10-7-15-1-2-16-10)20-11(8)21-4-3-17-12(9)21/h1-2,5-7,17H,3-4H2. The van der Waals surface area contributed by atoms with Crippen molar-refractivity contribution >= 4 is 27.6 Å². The van der Waals surface area contributed by atoms with Crippen molar-refractivity contribution in [3.8, 4) is 11.4 Å². The fourth-order valence-electron chi connectivity index (χ4n) is 2.32. The number of pyridine rings is 1. The van der Waals surface area contributed by atoms with Crippen molar-refractivity contribution < 1.29 is 0 Å². The third-order valence-electron chi connectivity index (χ3n) is 3.21. The maximum atomic E-state index is 4.54. The van der Waals surface area contributed by atoms with Crippen molar-refractivity contribution in [1.82, 2.24) is 24.5 Å². The highest BCUT2D eigenvalue weighted by molar-refractivity contribution is 9.10. The van der Waals surface area contributed by atoms with Crippen molar-refractivity contribution in [2.75, 3.05) is 11.9 Å². The van der Waals surface area contributed by atoms with Gasteiger partial charge in [0.05, 0.1) is 10.7 Å². The van der Waals surface area contributed by atoms with Crippen LogP contribution in [0.15, 0.2) is 40.3 Å². The number of halogens is 1. The second kappa shape index (κ2) is 4.88. The first-order valence-electron chi connectivity index (χ1n) is 6.42. The van der Waals surface area contributed by atoms with Crippen LogP contribution in [0.1, 0.15) is 0 Å². The van der Waals surface area contributed by atoms with E-state index in [0.29, 0.717) is 11.4 Å². The molecule has 0 unspecified atom stereocenters.